The molecular formula is C17H25NO. The van der Waals surface area contributed by atoms with Crippen LogP contribution in [0.25, 0.3) is 0 Å². The van der Waals surface area contributed by atoms with E-state index in [2.05, 4.69) is 36.1 Å². The van der Waals surface area contributed by atoms with Crippen molar-refractivity contribution in [2.24, 2.45) is 11.8 Å². The van der Waals surface area contributed by atoms with Crippen LogP contribution in [-0.4, -0.2) is 24.3 Å². The Bertz CT molecular complexity index is 431. The molecule has 3 rings (SSSR count). The monoisotopic (exact) mass is 259 g/mol. The summed E-state index contributed by atoms with van der Waals surface area (Å²) in [4.78, 5) is 2.52. The van der Waals surface area contributed by atoms with Gasteiger partial charge in [-0.3, -0.25) is 0 Å². The Balaban J connectivity index is 1.77. The lowest BCUT2D eigenvalue weighted by Gasteiger charge is -2.39. The molecule has 2 nitrogen and oxygen atoms in total. The molecule has 1 aromatic rings. The van der Waals surface area contributed by atoms with Crippen molar-refractivity contribution >= 4 is 5.69 Å². The summed E-state index contributed by atoms with van der Waals surface area (Å²) in [7, 11) is 0. The van der Waals surface area contributed by atoms with Crippen molar-refractivity contribution in [1.82, 2.24) is 0 Å². The lowest BCUT2D eigenvalue weighted by Crippen LogP contribution is -2.41. The van der Waals surface area contributed by atoms with Gasteiger partial charge >= 0.3 is 0 Å². The van der Waals surface area contributed by atoms with Gasteiger partial charge in [0, 0.05) is 24.7 Å². The molecule has 1 aliphatic carbocycles. The zero-order valence-corrected chi connectivity index (χ0v) is 11.9. The van der Waals surface area contributed by atoms with Crippen LogP contribution in [-0.2, 0) is 6.42 Å². The van der Waals surface area contributed by atoms with Gasteiger partial charge in [-0.1, -0.05) is 38.0 Å². The Morgan fingerprint density at radius 1 is 1.21 bits per heavy atom. The van der Waals surface area contributed by atoms with Gasteiger partial charge < -0.3 is 10.0 Å². The zero-order valence-electron chi connectivity index (χ0n) is 11.9. The Labute approximate surface area is 116 Å². The maximum absolute atomic E-state index is 10.2. The van der Waals surface area contributed by atoms with E-state index in [4.69, 9.17) is 0 Å². The second-order valence-electron chi connectivity index (χ2n) is 6.45. The van der Waals surface area contributed by atoms with Crippen molar-refractivity contribution < 1.29 is 5.11 Å². The number of rotatable bonds is 2. The first-order valence-electron chi connectivity index (χ1n) is 7.75. The van der Waals surface area contributed by atoms with Gasteiger partial charge in [0.2, 0.25) is 0 Å². The fraction of sp³-hybridized carbons (Fsp3) is 0.647. The Morgan fingerprint density at radius 3 is 2.84 bits per heavy atom. The minimum Gasteiger partial charge on any atom is -0.393 e. The molecule has 0 spiro atoms. The standard InChI is InChI=1S/C17H25NO/c1-13-10-14-6-2-4-8-16(14)18(11-13)12-15-7-3-5-9-17(15)19/h2,4,6,8,13,15,17,19H,3,5,7,9-12H2,1H3. The van der Waals surface area contributed by atoms with Gasteiger partial charge in [-0.25, -0.2) is 0 Å². The van der Waals surface area contributed by atoms with Crippen LogP contribution in [0, 0.1) is 11.8 Å². The van der Waals surface area contributed by atoms with Gasteiger partial charge in [-0.15, -0.1) is 0 Å². The second kappa shape index (κ2) is 5.54. The molecule has 3 atom stereocenters. The first kappa shape index (κ1) is 13.0. The van der Waals surface area contributed by atoms with Gasteiger partial charge in [-0.05, 0) is 36.8 Å². The molecule has 1 heterocycles. The van der Waals surface area contributed by atoms with E-state index in [0.29, 0.717) is 5.92 Å². The number of hydrogen-bond donors (Lipinski definition) is 1. The number of nitrogens with zero attached hydrogens (tertiary/aromatic N) is 1. The second-order valence-corrected chi connectivity index (χ2v) is 6.45. The van der Waals surface area contributed by atoms with Crippen molar-refractivity contribution in [3.8, 4) is 0 Å². The van der Waals surface area contributed by atoms with Crippen LogP contribution in [0.15, 0.2) is 24.3 Å². The highest BCUT2D eigenvalue weighted by Crippen LogP contribution is 2.32. The summed E-state index contributed by atoms with van der Waals surface area (Å²) in [6.07, 6.45) is 5.78. The number of benzene rings is 1. The molecule has 0 aromatic heterocycles. The summed E-state index contributed by atoms with van der Waals surface area (Å²) in [6, 6.07) is 8.79. The molecule has 1 N–H and O–H groups in total. The SMILES string of the molecule is CC1Cc2ccccc2N(CC2CCCCC2O)C1. The zero-order chi connectivity index (χ0) is 13.2. The highest BCUT2D eigenvalue weighted by molar-refractivity contribution is 5.55. The third-order valence-electron chi connectivity index (χ3n) is 4.76. The number of fused-ring (bicyclic) bond motifs is 1. The van der Waals surface area contributed by atoms with Crippen LogP contribution in [0.4, 0.5) is 5.69 Å². The number of aliphatic hydroxyl groups excluding tert-OH is 1. The maximum atomic E-state index is 10.2. The normalized spacial score (nSPS) is 31.1. The molecule has 2 aliphatic rings. The van der Waals surface area contributed by atoms with Crippen molar-refractivity contribution in [1.29, 1.82) is 0 Å². The van der Waals surface area contributed by atoms with E-state index in [0.717, 1.165) is 25.4 Å². The Morgan fingerprint density at radius 2 is 2.00 bits per heavy atom. The molecule has 3 unspecified atom stereocenters. The predicted octanol–water partition coefficient (Wildman–Crippen LogP) is 3.24. The van der Waals surface area contributed by atoms with Crippen molar-refractivity contribution in [2.45, 2.75) is 45.1 Å². The van der Waals surface area contributed by atoms with Crippen molar-refractivity contribution in [3.05, 3.63) is 29.8 Å². The Kier molecular flexibility index (Phi) is 3.79. The number of aliphatic hydroxyl groups is 1. The quantitative estimate of drug-likeness (QED) is 0.881. The van der Waals surface area contributed by atoms with Gasteiger partial charge in [0.05, 0.1) is 6.10 Å². The topological polar surface area (TPSA) is 23.5 Å². The Hall–Kier alpha value is -1.02. The summed E-state index contributed by atoms with van der Waals surface area (Å²) < 4.78 is 0. The summed E-state index contributed by atoms with van der Waals surface area (Å²) in [5.74, 6) is 1.18. The number of anilines is 1. The highest BCUT2D eigenvalue weighted by Gasteiger charge is 2.28. The molecule has 0 radical (unpaired) electrons. The summed E-state index contributed by atoms with van der Waals surface area (Å²) >= 11 is 0. The predicted molar refractivity (Wildman–Crippen MR) is 79.5 cm³/mol. The fourth-order valence-corrected chi connectivity index (χ4v) is 3.76. The van der Waals surface area contributed by atoms with Crippen LogP contribution in [0.2, 0.25) is 0 Å². The molecule has 0 amide bonds. The van der Waals surface area contributed by atoms with Gasteiger partial charge in [0.15, 0.2) is 0 Å². The van der Waals surface area contributed by atoms with E-state index >= 15 is 0 Å². The van der Waals surface area contributed by atoms with Crippen LogP contribution in [0.3, 0.4) is 0 Å². The highest BCUT2D eigenvalue weighted by atomic mass is 16.3. The molecule has 0 saturated heterocycles. The lowest BCUT2D eigenvalue weighted by atomic mass is 9.85. The first-order chi connectivity index (χ1) is 9.24. The van der Waals surface area contributed by atoms with Crippen LogP contribution < -0.4 is 4.90 Å². The van der Waals surface area contributed by atoms with Crippen LogP contribution >= 0.6 is 0 Å². The molecule has 1 saturated carbocycles. The van der Waals surface area contributed by atoms with Gasteiger partial charge in [0.25, 0.3) is 0 Å². The fourth-order valence-electron chi connectivity index (χ4n) is 3.76. The third-order valence-corrected chi connectivity index (χ3v) is 4.76. The van der Waals surface area contributed by atoms with Crippen LogP contribution in [0.5, 0.6) is 0 Å². The van der Waals surface area contributed by atoms with Crippen molar-refractivity contribution in [2.75, 3.05) is 18.0 Å². The lowest BCUT2D eigenvalue weighted by molar-refractivity contribution is 0.0726. The molecule has 1 aliphatic heterocycles. The molecule has 1 fully saturated rings. The van der Waals surface area contributed by atoms with E-state index in [1.807, 2.05) is 0 Å². The maximum Gasteiger partial charge on any atom is 0.0585 e. The van der Waals surface area contributed by atoms with Crippen LogP contribution in [0.1, 0.15) is 38.2 Å². The molecule has 104 valence electrons. The first-order valence-corrected chi connectivity index (χ1v) is 7.75. The van der Waals surface area contributed by atoms with E-state index in [1.165, 1.54) is 36.9 Å². The van der Waals surface area contributed by atoms with E-state index in [-0.39, 0.29) is 6.10 Å². The van der Waals surface area contributed by atoms with E-state index in [1.54, 1.807) is 0 Å². The summed E-state index contributed by atoms with van der Waals surface area (Å²) in [6.45, 7) is 4.50. The average Bonchev–Trinajstić information content (AvgIpc) is 2.41. The largest absolute Gasteiger partial charge is 0.393 e. The smallest absolute Gasteiger partial charge is 0.0585 e. The third kappa shape index (κ3) is 2.79. The summed E-state index contributed by atoms with van der Waals surface area (Å²) in [5, 5.41) is 10.2. The van der Waals surface area contributed by atoms with E-state index in [9.17, 15) is 5.11 Å². The average molecular weight is 259 g/mol. The molecule has 1 aromatic carbocycles. The molecule has 0 bridgehead atoms. The molecule has 19 heavy (non-hydrogen) atoms. The number of hydrogen-bond acceptors (Lipinski definition) is 2. The van der Waals surface area contributed by atoms with Gasteiger partial charge in [-0.2, -0.15) is 0 Å². The summed E-state index contributed by atoms with van der Waals surface area (Å²) in [5.41, 5.74) is 2.88. The van der Waals surface area contributed by atoms with Gasteiger partial charge in [0.1, 0.15) is 0 Å². The molecular weight excluding hydrogens is 234 g/mol. The minimum absolute atomic E-state index is 0.0851. The minimum atomic E-state index is -0.0851. The molecule has 2 heteroatoms. The number of para-hydroxylation sites is 1. The van der Waals surface area contributed by atoms with Crippen molar-refractivity contribution in [3.63, 3.8) is 0 Å². The van der Waals surface area contributed by atoms with E-state index < -0.39 is 0 Å².